The van der Waals surface area contributed by atoms with Gasteiger partial charge in [0.1, 0.15) is 0 Å². The molecule has 0 unspecified atom stereocenters. The van der Waals surface area contributed by atoms with Crippen LogP contribution in [0.5, 0.6) is 0 Å². The molecule has 0 atom stereocenters. The van der Waals surface area contributed by atoms with Crippen molar-refractivity contribution in [2.45, 2.75) is 27.2 Å². The lowest BCUT2D eigenvalue weighted by Crippen LogP contribution is -1.80. The first-order chi connectivity index (χ1) is 4.27. The summed E-state index contributed by atoms with van der Waals surface area (Å²) in [5.74, 6) is 0.784. The van der Waals surface area contributed by atoms with Crippen LogP contribution in [0.15, 0.2) is 24.3 Å². The fourth-order valence-corrected chi connectivity index (χ4v) is 0.540. The molecule has 0 saturated heterocycles. The van der Waals surface area contributed by atoms with Gasteiger partial charge in [0.25, 0.3) is 0 Å². The van der Waals surface area contributed by atoms with Gasteiger partial charge in [0.05, 0.1) is 0 Å². The van der Waals surface area contributed by atoms with Gasteiger partial charge in [-0.3, -0.25) is 0 Å². The third-order valence-corrected chi connectivity index (χ3v) is 1.05. The summed E-state index contributed by atoms with van der Waals surface area (Å²) in [5.41, 5.74) is 0. The molecule has 0 rings (SSSR count). The summed E-state index contributed by atoms with van der Waals surface area (Å²) in [4.78, 5) is 0. The molecule has 0 bridgehead atoms. The molecule has 0 spiro atoms. The summed E-state index contributed by atoms with van der Waals surface area (Å²) in [5, 5.41) is 0. The van der Waals surface area contributed by atoms with E-state index < -0.39 is 0 Å². The van der Waals surface area contributed by atoms with E-state index in [4.69, 9.17) is 0 Å². The third-order valence-electron chi connectivity index (χ3n) is 1.05. The van der Waals surface area contributed by atoms with Crippen LogP contribution in [-0.4, -0.2) is 0 Å². The second kappa shape index (κ2) is 5.61. The Balaban J connectivity index is 3.25. The number of rotatable bonds is 3. The SMILES string of the molecule is CC=CC=CCC(C)C. The highest BCUT2D eigenvalue weighted by Gasteiger charge is 1.84. The maximum absolute atomic E-state index is 2.22. The molecule has 0 N–H and O–H groups in total. The Bertz CT molecular complexity index is 96.6. The highest BCUT2D eigenvalue weighted by molar-refractivity contribution is 5.00. The monoisotopic (exact) mass is 124 g/mol. The summed E-state index contributed by atoms with van der Waals surface area (Å²) >= 11 is 0. The smallest absolute Gasteiger partial charge is 0.0324 e. The molecule has 0 aromatic carbocycles. The maximum Gasteiger partial charge on any atom is -0.0324 e. The van der Waals surface area contributed by atoms with Gasteiger partial charge in [-0.05, 0) is 19.3 Å². The molecule has 0 saturated carbocycles. The van der Waals surface area contributed by atoms with Gasteiger partial charge in [-0.25, -0.2) is 0 Å². The zero-order chi connectivity index (χ0) is 7.11. The van der Waals surface area contributed by atoms with Gasteiger partial charge >= 0.3 is 0 Å². The Hall–Kier alpha value is -0.520. The first-order valence-electron chi connectivity index (χ1n) is 3.55. The highest BCUT2D eigenvalue weighted by atomic mass is 13.9. The molecule has 52 valence electrons. The van der Waals surface area contributed by atoms with Crippen LogP contribution in [0.2, 0.25) is 0 Å². The standard InChI is InChI=1S/C9H16/c1-4-5-6-7-8-9(2)3/h4-7,9H,8H2,1-3H3. The molecule has 0 heterocycles. The lowest BCUT2D eigenvalue weighted by Gasteiger charge is -1.94. The molecule has 9 heavy (non-hydrogen) atoms. The average molecular weight is 124 g/mol. The van der Waals surface area contributed by atoms with Crippen molar-refractivity contribution >= 4 is 0 Å². The van der Waals surface area contributed by atoms with Crippen LogP contribution >= 0.6 is 0 Å². The van der Waals surface area contributed by atoms with Crippen molar-refractivity contribution in [3.8, 4) is 0 Å². The molecule has 0 amide bonds. The van der Waals surface area contributed by atoms with Crippen LogP contribution in [0.25, 0.3) is 0 Å². The molecule has 0 heteroatoms. The molecule has 0 aromatic rings. The normalized spacial score (nSPS) is 12.4. The summed E-state index contributed by atoms with van der Waals surface area (Å²) in [7, 11) is 0. The van der Waals surface area contributed by atoms with Gasteiger partial charge < -0.3 is 0 Å². The fraction of sp³-hybridized carbons (Fsp3) is 0.556. The van der Waals surface area contributed by atoms with E-state index in [0.29, 0.717) is 0 Å². The van der Waals surface area contributed by atoms with Gasteiger partial charge in [-0.2, -0.15) is 0 Å². The third kappa shape index (κ3) is 7.48. The summed E-state index contributed by atoms with van der Waals surface area (Å²) in [6, 6.07) is 0. The van der Waals surface area contributed by atoms with Crippen molar-refractivity contribution < 1.29 is 0 Å². The summed E-state index contributed by atoms with van der Waals surface area (Å²) in [6.07, 6.45) is 9.58. The Labute approximate surface area is 58.3 Å². The predicted octanol–water partition coefficient (Wildman–Crippen LogP) is 3.16. The first kappa shape index (κ1) is 8.48. The molecule has 0 nitrogen and oxygen atoms in total. The van der Waals surface area contributed by atoms with Crippen molar-refractivity contribution in [3.05, 3.63) is 24.3 Å². The zero-order valence-corrected chi connectivity index (χ0v) is 6.59. The van der Waals surface area contributed by atoms with Crippen LogP contribution in [0, 0.1) is 5.92 Å². The molecule has 0 aliphatic carbocycles. The van der Waals surface area contributed by atoms with Crippen LogP contribution < -0.4 is 0 Å². The second-order valence-corrected chi connectivity index (χ2v) is 2.58. The van der Waals surface area contributed by atoms with E-state index in [1.165, 1.54) is 6.42 Å². The van der Waals surface area contributed by atoms with Crippen LogP contribution in [0.3, 0.4) is 0 Å². The number of hydrogen-bond acceptors (Lipinski definition) is 0. The topological polar surface area (TPSA) is 0 Å². The van der Waals surface area contributed by atoms with Gasteiger partial charge in [0.2, 0.25) is 0 Å². The van der Waals surface area contributed by atoms with E-state index in [2.05, 4.69) is 32.1 Å². The van der Waals surface area contributed by atoms with Gasteiger partial charge in [0, 0.05) is 0 Å². The van der Waals surface area contributed by atoms with E-state index in [0.717, 1.165) is 5.92 Å². The molecule has 0 aliphatic rings. The molecule has 0 aromatic heterocycles. The van der Waals surface area contributed by atoms with Crippen molar-refractivity contribution in [2.75, 3.05) is 0 Å². The molecule has 0 radical (unpaired) electrons. The highest BCUT2D eigenvalue weighted by Crippen LogP contribution is 1.99. The van der Waals surface area contributed by atoms with Gasteiger partial charge in [-0.1, -0.05) is 38.2 Å². The van der Waals surface area contributed by atoms with Gasteiger partial charge in [-0.15, -0.1) is 0 Å². The lowest BCUT2D eigenvalue weighted by molar-refractivity contribution is 0.664. The van der Waals surface area contributed by atoms with Crippen LogP contribution in [0.4, 0.5) is 0 Å². The average Bonchev–Trinajstić information content (AvgIpc) is 1.80. The van der Waals surface area contributed by atoms with E-state index in [1.807, 2.05) is 13.0 Å². The Morgan fingerprint density at radius 3 is 2.33 bits per heavy atom. The molecule has 0 aliphatic heterocycles. The minimum atomic E-state index is 0.784. The van der Waals surface area contributed by atoms with E-state index >= 15 is 0 Å². The number of allylic oxidation sites excluding steroid dienone is 4. The minimum Gasteiger partial charge on any atom is -0.0877 e. The van der Waals surface area contributed by atoms with Crippen molar-refractivity contribution in [1.29, 1.82) is 0 Å². The minimum absolute atomic E-state index is 0.784. The maximum atomic E-state index is 2.22. The summed E-state index contributed by atoms with van der Waals surface area (Å²) < 4.78 is 0. The fourth-order valence-electron chi connectivity index (χ4n) is 0.540. The Morgan fingerprint density at radius 1 is 1.22 bits per heavy atom. The first-order valence-corrected chi connectivity index (χ1v) is 3.55. The zero-order valence-electron chi connectivity index (χ0n) is 6.59. The largest absolute Gasteiger partial charge is 0.0877 e. The lowest BCUT2D eigenvalue weighted by atomic mass is 10.1. The predicted molar refractivity (Wildman–Crippen MR) is 43.4 cm³/mol. The summed E-state index contributed by atoms with van der Waals surface area (Å²) in [6.45, 7) is 6.47. The molecule has 0 fully saturated rings. The van der Waals surface area contributed by atoms with Crippen LogP contribution in [0.1, 0.15) is 27.2 Å². The van der Waals surface area contributed by atoms with Crippen molar-refractivity contribution in [1.82, 2.24) is 0 Å². The quantitative estimate of drug-likeness (QED) is 0.507. The van der Waals surface area contributed by atoms with Gasteiger partial charge in [0.15, 0.2) is 0 Å². The van der Waals surface area contributed by atoms with Crippen LogP contribution in [-0.2, 0) is 0 Å². The van der Waals surface area contributed by atoms with Crippen molar-refractivity contribution in [2.24, 2.45) is 5.92 Å². The Morgan fingerprint density at radius 2 is 1.89 bits per heavy atom. The second-order valence-electron chi connectivity index (χ2n) is 2.58. The molecular weight excluding hydrogens is 108 g/mol. The molecular formula is C9H16. The van der Waals surface area contributed by atoms with E-state index in [9.17, 15) is 0 Å². The number of hydrogen-bond donors (Lipinski definition) is 0. The van der Waals surface area contributed by atoms with Crippen molar-refractivity contribution in [3.63, 3.8) is 0 Å². The van der Waals surface area contributed by atoms with E-state index in [1.54, 1.807) is 0 Å². The van der Waals surface area contributed by atoms with E-state index in [-0.39, 0.29) is 0 Å². The Kier molecular flexibility index (Phi) is 5.29.